The fourth-order valence-electron chi connectivity index (χ4n) is 2.96. The number of nitrogens with one attached hydrogen (secondary N) is 1. The summed E-state index contributed by atoms with van der Waals surface area (Å²) in [6.45, 7) is 14.2. The van der Waals surface area contributed by atoms with Gasteiger partial charge in [-0.25, -0.2) is 4.98 Å². The summed E-state index contributed by atoms with van der Waals surface area (Å²) in [7, 11) is 0. The first kappa shape index (κ1) is 21.0. The van der Waals surface area contributed by atoms with E-state index in [2.05, 4.69) is 28.7 Å². The van der Waals surface area contributed by atoms with Gasteiger partial charge in [-0.1, -0.05) is 13.8 Å². The molecule has 2 aromatic heterocycles. The van der Waals surface area contributed by atoms with E-state index in [1.54, 1.807) is 11.3 Å². The van der Waals surface area contributed by atoms with Gasteiger partial charge >= 0.3 is 0 Å². The van der Waals surface area contributed by atoms with Crippen molar-refractivity contribution in [1.29, 1.82) is 0 Å². The van der Waals surface area contributed by atoms with Crippen LogP contribution in [0, 0.1) is 19.8 Å². The maximum absolute atomic E-state index is 12.5. The number of thiophene rings is 1. The predicted molar refractivity (Wildman–Crippen MR) is 107 cm³/mol. The molecule has 2 rings (SSSR count). The van der Waals surface area contributed by atoms with Crippen molar-refractivity contribution >= 4 is 21.6 Å². The molecular formula is C19H31N3O3S. The first-order valence-electron chi connectivity index (χ1n) is 9.18. The number of hydrogen-bond acceptors (Lipinski definition) is 6. The van der Waals surface area contributed by atoms with Crippen LogP contribution in [0.15, 0.2) is 4.79 Å². The van der Waals surface area contributed by atoms with Crippen molar-refractivity contribution < 1.29 is 9.84 Å². The Kier molecular flexibility index (Phi) is 7.34. The van der Waals surface area contributed by atoms with Crippen LogP contribution in [0.4, 0.5) is 0 Å². The lowest BCUT2D eigenvalue weighted by atomic mass is 10.2. The van der Waals surface area contributed by atoms with Crippen molar-refractivity contribution in [2.24, 2.45) is 5.92 Å². The summed E-state index contributed by atoms with van der Waals surface area (Å²) >= 11 is 1.55. The third-order valence-corrected chi connectivity index (χ3v) is 5.28. The number of aliphatic hydroxyl groups is 1. The minimum Gasteiger partial charge on any atom is -0.389 e. The predicted octanol–water partition coefficient (Wildman–Crippen LogP) is 2.85. The first-order valence-corrected chi connectivity index (χ1v) is 10.00. The van der Waals surface area contributed by atoms with Gasteiger partial charge in [-0.2, -0.15) is 0 Å². The number of aromatic nitrogens is 2. The molecule has 1 atom stereocenters. The van der Waals surface area contributed by atoms with Crippen molar-refractivity contribution in [2.75, 3.05) is 19.7 Å². The lowest BCUT2D eigenvalue weighted by Crippen LogP contribution is -2.38. The molecule has 0 fully saturated rings. The van der Waals surface area contributed by atoms with Crippen molar-refractivity contribution in [3.63, 3.8) is 0 Å². The molecule has 0 amide bonds. The average Bonchev–Trinajstić information content (AvgIpc) is 2.79. The number of aryl methyl sites for hydroxylation is 2. The molecule has 2 heterocycles. The smallest absolute Gasteiger partial charge is 0.259 e. The number of aromatic amines is 1. The lowest BCUT2D eigenvalue weighted by molar-refractivity contribution is -0.0111. The molecule has 0 saturated heterocycles. The fourth-order valence-corrected chi connectivity index (χ4v) is 4.01. The van der Waals surface area contributed by atoms with Gasteiger partial charge in [0.2, 0.25) is 0 Å². The molecule has 0 bridgehead atoms. The van der Waals surface area contributed by atoms with E-state index in [1.807, 2.05) is 27.7 Å². The normalized spacial score (nSPS) is 13.5. The Morgan fingerprint density at radius 1 is 1.23 bits per heavy atom. The highest BCUT2D eigenvalue weighted by molar-refractivity contribution is 7.18. The van der Waals surface area contributed by atoms with Crippen molar-refractivity contribution in [3.8, 4) is 0 Å². The van der Waals surface area contributed by atoms with Gasteiger partial charge in [-0.3, -0.25) is 9.69 Å². The van der Waals surface area contributed by atoms with Crippen LogP contribution in [0.5, 0.6) is 0 Å². The quantitative estimate of drug-likeness (QED) is 0.698. The summed E-state index contributed by atoms with van der Waals surface area (Å²) < 4.78 is 5.50. The Morgan fingerprint density at radius 3 is 2.54 bits per heavy atom. The molecular weight excluding hydrogens is 350 g/mol. The topological polar surface area (TPSA) is 78.5 Å². The van der Waals surface area contributed by atoms with E-state index in [0.717, 1.165) is 21.8 Å². The molecule has 0 spiro atoms. The van der Waals surface area contributed by atoms with E-state index in [0.29, 0.717) is 36.8 Å². The van der Waals surface area contributed by atoms with Gasteiger partial charge in [-0.05, 0) is 39.2 Å². The van der Waals surface area contributed by atoms with Crippen LogP contribution in [0.25, 0.3) is 10.2 Å². The molecule has 6 nitrogen and oxygen atoms in total. The Balaban J connectivity index is 2.17. The van der Waals surface area contributed by atoms with Gasteiger partial charge in [0.15, 0.2) is 0 Å². The summed E-state index contributed by atoms with van der Waals surface area (Å²) in [6, 6.07) is 0. The molecule has 0 radical (unpaired) electrons. The molecule has 26 heavy (non-hydrogen) atoms. The second kappa shape index (κ2) is 9.08. The van der Waals surface area contributed by atoms with Gasteiger partial charge < -0.3 is 14.8 Å². The van der Waals surface area contributed by atoms with Crippen LogP contribution in [0.1, 0.15) is 44.0 Å². The van der Waals surface area contributed by atoms with Gasteiger partial charge in [-0.15, -0.1) is 11.3 Å². The van der Waals surface area contributed by atoms with Crippen LogP contribution < -0.4 is 5.56 Å². The monoisotopic (exact) mass is 381 g/mol. The highest BCUT2D eigenvalue weighted by Crippen LogP contribution is 2.25. The highest BCUT2D eigenvalue weighted by atomic mass is 32.1. The van der Waals surface area contributed by atoms with Gasteiger partial charge in [0.1, 0.15) is 10.7 Å². The van der Waals surface area contributed by atoms with Crippen LogP contribution in [0.2, 0.25) is 0 Å². The number of rotatable bonds is 9. The summed E-state index contributed by atoms with van der Waals surface area (Å²) in [4.78, 5) is 24.1. The molecule has 0 aliphatic heterocycles. The van der Waals surface area contributed by atoms with Crippen LogP contribution >= 0.6 is 11.3 Å². The zero-order chi connectivity index (χ0) is 19.4. The summed E-state index contributed by atoms with van der Waals surface area (Å²) in [5.74, 6) is 1.08. The van der Waals surface area contributed by atoms with E-state index in [-0.39, 0.29) is 11.7 Å². The molecule has 7 heteroatoms. The Morgan fingerprint density at radius 2 is 1.92 bits per heavy atom. The lowest BCUT2D eigenvalue weighted by Gasteiger charge is -2.26. The Hall–Kier alpha value is -1.28. The van der Waals surface area contributed by atoms with Gasteiger partial charge in [0, 0.05) is 18.0 Å². The number of hydrogen-bond donors (Lipinski definition) is 2. The summed E-state index contributed by atoms with van der Waals surface area (Å²) in [5.41, 5.74) is 0.922. The van der Waals surface area contributed by atoms with Gasteiger partial charge in [0.25, 0.3) is 5.56 Å². The summed E-state index contributed by atoms with van der Waals surface area (Å²) in [6.07, 6.45) is -0.480. The Bertz CT molecular complexity index is 782. The van der Waals surface area contributed by atoms with Crippen LogP contribution in [-0.4, -0.2) is 51.9 Å². The van der Waals surface area contributed by atoms with Crippen molar-refractivity contribution in [1.82, 2.24) is 14.9 Å². The number of H-pyrrole nitrogens is 1. The minimum atomic E-state index is -0.571. The zero-order valence-electron chi connectivity index (χ0n) is 16.6. The molecule has 0 aliphatic carbocycles. The molecule has 146 valence electrons. The van der Waals surface area contributed by atoms with Gasteiger partial charge in [0.05, 0.1) is 30.7 Å². The third-order valence-electron chi connectivity index (χ3n) is 4.18. The fraction of sp³-hybridized carbons (Fsp3) is 0.684. The Labute approximate surface area is 159 Å². The molecule has 2 N–H and O–H groups in total. The molecule has 0 saturated carbocycles. The molecule has 2 aromatic rings. The van der Waals surface area contributed by atoms with E-state index < -0.39 is 6.10 Å². The minimum absolute atomic E-state index is 0.0833. The van der Waals surface area contributed by atoms with E-state index in [9.17, 15) is 9.90 Å². The highest BCUT2D eigenvalue weighted by Gasteiger charge is 2.17. The summed E-state index contributed by atoms with van der Waals surface area (Å²) in [5, 5.41) is 11.0. The SMILES string of the molecule is Cc1sc2nc(CN(CC(C)C)C[C@@H](O)COC(C)C)[nH]c(=O)c2c1C. The van der Waals surface area contributed by atoms with Crippen molar-refractivity contribution in [3.05, 3.63) is 26.6 Å². The van der Waals surface area contributed by atoms with E-state index in [1.165, 1.54) is 0 Å². The third kappa shape index (κ3) is 5.61. The maximum atomic E-state index is 12.5. The van der Waals surface area contributed by atoms with Crippen LogP contribution in [0.3, 0.4) is 0 Å². The number of nitrogens with zero attached hydrogens (tertiary/aromatic N) is 2. The number of ether oxygens (including phenoxy) is 1. The maximum Gasteiger partial charge on any atom is 0.259 e. The second-order valence-electron chi connectivity index (χ2n) is 7.60. The van der Waals surface area contributed by atoms with E-state index in [4.69, 9.17) is 4.74 Å². The zero-order valence-corrected chi connectivity index (χ0v) is 17.4. The first-order chi connectivity index (χ1) is 12.2. The second-order valence-corrected chi connectivity index (χ2v) is 8.80. The van der Waals surface area contributed by atoms with Crippen LogP contribution in [-0.2, 0) is 11.3 Å². The standard InChI is InChI=1S/C19H31N3O3S/c1-11(2)7-22(8-15(23)10-25-12(3)4)9-16-20-18(24)17-13(5)14(6)26-19(17)21-16/h11-12,15,23H,7-10H2,1-6H3,(H,20,21,24)/t15-/m1/s1. The average molecular weight is 382 g/mol. The molecule has 0 aliphatic rings. The molecule has 0 aromatic carbocycles. The number of aliphatic hydroxyl groups excluding tert-OH is 1. The molecule has 0 unspecified atom stereocenters. The largest absolute Gasteiger partial charge is 0.389 e. The number of fused-ring (bicyclic) bond motifs is 1. The van der Waals surface area contributed by atoms with E-state index >= 15 is 0 Å². The van der Waals surface area contributed by atoms with Crippen molar-refractivity contribution in [2.45, 2.75) is 60.3 Å².